The lowest BCUT2D eigenvalue weighted by molar-refractivity contribution is -0.384. The van der Waals surface area contributed by atoms with Gasteiger partial charge in [0.1, 0.15) is 5.82 Å². The minimum atomic E-state index is -0.895. The van der Waals surface area contributed by atoms with Crippen molar-refractivity contribution in [3.05, 3.63) is 64.0 Å². The zero-order valence-electron chi connectivity index (χ0n) is 17.6. The molecule has 0 aliphatic carbocycles. The molecule has 11 heteroatoms. The standard InChI is InChI=1S/C22H21FN4O6/c23-16-2-4-17(5-3-16)26(9-1-8-24)21(28)15-33-22(29)19-14-18(27(30)31)6-7-20(19)25-10-12-32-13-11-25/h2-7,14H,1,9-13,15H2. The highest BCUT2D eigenvalue weighted by atomic mass is 19.1. The van der Waals surface area contributed by atoms with Crippen LogP contribution in [-0.4, -0.2) is 56.3 Å². The number of hydrogen-bond donors (Lipinski definition) is 0. The third kappa shape index (κ3) is 6.02. The third-order valence-electron chi connectivity index (χ3n) is 4.98. The van der Waals surface area contributed by atoms with E-state index in [1.807, 2.05) is 11.0 Å². The summed E-state index contributed by atoms with van der Waals surface area (Å²) in [5.74, 6) is -2.00. The van der Waals surface area contributed by atoms with Gasteiger partial charge in [-0.05, 0) is 30.3 Å². The van der Waals surface area contributed by atoms with E-state index < -0.39 is 29.2 Å². The normalized spacial score (nSPS) is 13.2. The quantitative estimate of drug-likeness (QED) is 0.337. The first-order valence-corrected chi connectivity index (χ1v) is 10.1. The molecule has 1 heterocycles. The van der Waals surface area contributed by atoms with Gasteiger partial charge in [-0.25, -0.2) is 9.18 Å². The highest BCUT2D eigenvalue weighted by Gasteiger charge is 2.25. The summed E-state index contributed by atoms with van der Waals surface area (Å²) in [5.41, 5.74) is 0.467. The van der Waals surface area contributed by atoms with Gasteiger partial charge in [0.15, 0.2) is 6.61 Å². The number of carbonyl (C=O) groups is 2. The molecule has 0 aromatic heterocycles. The van der Waals surface area contributed by atoms with E-state index in [0.29, 0.717) is 37.7 Å². The molecule has 0 bridgehead atoms. The Morgan fingerprint density at radius 3 is 2.55 bits per heavy atom. The lowest BCUT2D eigenvalue weighted by Crippen LogP contribution is -2.38. The van der Waals surface area contributed by atoms with Crippen molar-refractivity contribution in [3.63, 3.8) is 0 Å². The van der Waals surface area contributed by atoms with Crippen molar-refractivity contribution >= 4 is 28.9 Å². The summed E-state index contributed by atoms with van der Waals surface area (Å²) in [5, 5.41) is 20.1. The van der Waals surface area contributed by atoms with Crippen LogP contribution < -0.4 is 9.80 Å². The number of nitro groups is 1. The van der Waals surface area contributed by atoms with E-state index in [4.69, 9.17) is 14.7 Å². The Kier molecular flexibility index (Phi) is 7.88. The number of nitrogens with zero attached hydrogens (tertiary/aromatic N) is 4. The van der Waals surface area contributed by atoms with Gasteiger partial charge in [-0.2, -0.15) is 5.26 Å². The Morgan fingerprint density at radius 2 is 1.91 bits per heavy atom. The number of morpholine rings is 1. The lowest BCUT2D eigenvalue weighted by Gasteiger charge is -2.30. The fourth-order valence-corrected chi connectivity index (χ4v) is 3.34. The molecule has 0 spiro atoms. The maximum atomic E-state index is 13.2. The van der Waals surface area contributed by atoms with Crippen molar-refractivity contribution in [2.45, 2.75) is 6.42 Å². The second-order valence-corrected chi connectivity index (χ2v) is 7.06. The number of hydrogen-bond acceptors (Lipinski definition) is 8. The van der Waals surface area contributed by atoms with E-state index in [0.717, 1.165) is 6.07 Å². The first-order chi connectivity index (χ1) is 15.9. The molecule has 0 saturated carbocycles. The molecular weight excluding hydrogens is 435 g/mol. The predicted molar refractivity (Wildman–Crippen MR) is 115 cm³/mol. The molecule has 0 unspecified atom stereocenters. The van der Waals surface area contributed by atoms with Gasteiger partial charge in [-0.1, -0.05) is 0 Å². The molecule has 1 aliphatic heterocycles. The number of rotatable bonds is 8. The molecule has 2 aromatic rings. The van der Waals surface area contributed by atoms with Crippen LogP contribution in [0.5, 0.6) is 0 Å². The summed E-state index contributed by atoms with van der Waals surface area (Å²) < 4.78 is 23.7. The molecule has 3 rings (SSSR count). The van der Waals surface area contributed by atoms with Gasteiger partial charge in [-0.15, -0.1) is 0 Å². The van der Waals surface area contributed by atoms with E-state index in [2.05, 4.69) is 0 Å². The zero-order valence-corrected chi connectivity index (χ0v) is 17.6. The van der Waals surface area contributed by atoms with E-state index >= 15 is 0 Å². The highest BCUT2D eigenvalue weighted by Crippen LogP contribution is 2.27. The van der Waals surface area contributed by atoms with Gasteiger partial charge in [0.2, 0.25) is 0 Å². The largest absolute Gasteiger partial charge is 0.452 e. The molecule has 33 heavy (non-hydrogen) atoms. The van der Waals surface area contributed by atoms with Gasteiger partial charge in [0.25, 0.3) is 11.6 Å². The number of nitro benzene ring substituents is 1. The Hall–Kier alpha value is -4.04. The average molecular weight is 456 g/mol. The molecule has 1 aliphatic rings. The number of anilines is 2. The van der Waals surface area contributed by atoms with Crippen LogP contribution in [0.25, 0.3) is 0 Å². The number of amides is 1. The predicted octanol–water partition coefficient (Wildman–Crippen LogP) is 2.67. The van der Waals surface area contributed by atoms with E-state index in [-0.39, 0.29) is 24.2 Å². The number of benzene rings is 2. The Bertz CT molecular complexity index is 1060. The van der Waals surface area contributed by atoms with Crippen molar-refractivity contribution in [1.29, 1.82) is 5.26 Å². The van der Waals surface area contributed by atoms with Crippen LogP contribution >= 0.6 is 0 Å². The highest BCUT2D eigenvalue weighted by molar-refractivity contribution is 6.00. The van der Waals surface area contributed by atoms with Crippen LogP contribution in [0.3, 0.4) is 0 Å². The number of esters is 1. The lowest BCUT2D eigenvalue weighted by atomic mass is 10.1. The first-order valence-electron chi connectivity index (χ1n) is 10.1. The van der Waals surface area contributed by atoms with Crippen molar-refractivity contribution in [2.24, 2.45) is 0 Å². The van der Waals surface area contributed by atoms with Crippen LogP contribution in [-0.2, 0) is 14.3 Å². The fourth-order valence-electron chi connectivity index (χ4n) is 3.34. The number of non-ortho nitro benzene ring substituents is 1. The van der Waals surface area contributed by atoms with E-state index in [9.17, 15) is 24.1 Å². The minimum Gasteiger partial charge on any atom is -0.452 e. The molecule has 2 aromatic carbocycles. The van der Waals surface area contributed by atoms with Gasteiger partial charge in [-0.3, -0.25) is 14.9 Å². The van der Waals surface area contributed by atoms with Crippen LogP contribution in [0.15, 0.2) is 42.5 Å². The number of nitriles is 1. The van der Waals surface area contributed by atoms with Crippen LogP contribution in [0.2, 0.25) is 0 Å². The fraction of sp³-hybridized carbons (Fsp3) is 0.318. The minimum absolute atomic E-state index is 0.0170. The maximum Gasteiger partial charge on any atom is 0.341 e. The Labute approximate surface area is 188 Å². The second kappa shape index (κ2) is 11.0. The monoisotopic (exact) mass is 456 g/mol. The number of ether oxygens (including phenoxy) is 2. The second-order valence-electron chi connectivity index (χ2n) is 7.06. The summed E-state index contributed by atoms with van der Waals surface area (Å²) in [4.78, 5) is 39.2. The molecule has 1 amide bonds. The van der Waals surface area contributed by atoms with Crippen molar-refractivity contribution < 1.29 is 28.4 Å². The summed E-state index contributed by atoms with van der Waals surface area (Å²) in [6.07, 6.45) is 0.0170. The van der Waals surface area contributed by atoms with Gasteiger partial charge >= 0.3 is 5.97 Å². The van der Waals surface area contributed by atoms with Crippen molar-refractivity contribution in [3.8, 4) is 6.07 Å². The van der Waals surface area contributed by atoms with Gasteiger partial charge in [0.05, 0.1) is 41.9 Å². The summed E-state index contributed by atoms with van der Waals surface area (Å²) in [6, 6.07) is 10.9. The van der Waals surface area contributed by atoms with Gasteiger partial charge < -0.3 is 19.3 Å². The summed E-state index contributed by atoms with van der Waals surface area (Å²) >= 11 is 0. The zero-order chi connectivity index (χ0) is 23.8. The molecule has 172 valence electrons. The van der Waals surface area contributed by atoms with Crippen LogP contribution in [0.4, 0.5) is 21.5 Å². The van der Waals surface area contributed by atoms with Crippen LogP contribution in [0.1, 0.15) is 16.8 Å². The molecule has 10 nitrogen and oxygen atoms in total. The molecule has 0 radical (unpaired) electrons. The van der Waals surface area contributed by atoms with Gasteiger partial charge in [0, 0.05) is 37.5 Å². The van der Waals surface area contributed by atoms with Crippen LogP contribution in [0, 0.1) is 27.3 Å². The first kappa shape index (κ1) is 23.6. The van der Waals surface area contributed by atoms with E-state index in [1.165, 1.54) is 41.3 Å². The molecule has 0 atom stereocenters. The number of halogens is 1. The molecule has 0 N–H and O–H groups in total. The maximum absolute atomic E-state index is 13.2. The topological polar surface area (TPSA) is 126 Å². The number of carbonyl (C=O) groups excluding carboxylic acids is 2. The third-order valence-corrected chi connectivity index (χ3v) is 4.98. The van der Waals surface area contributed by atoms with E-state index in [1.54, 1.807) is 0 Å². The molecule has 1 saturated heterocycles. The average Bonchev–Trinajstić information content (AvgIpc) is 2.84. The molecule has 1 fully saturated rings. The smallest absolute Gasteiger partial charge is 0.341 e. The summed E-state index contributed by atoms with van der Waals surface area (Å²) in [6.45, 7) is 1.22. The van der Waals surface area contributed by atoms with Crippen molar-refractivity contribution in [2.75, 3.05) is 49.3 Å². The Morgan fingerprint density at radius 1 is 1.21 bits per heavy atom. The molecular formula is C22H21FN4O6. The van der Waals surface area contributed by atoms with Crippen molar-refractivity contribution in [1.82, 2.24) is 0 Å². The Balaban J connectivity index is 1.78. The SMILES string of the molecule is N#CCCN(C(=O)COC(=O)c1cc([N+](=O)[O-])ccc1N1CCOCC1)c1ccc(F)cc1. The summed E-state index contributed by atoms with van der Waals surface area (Å²) in [7, 11) is 0.